The highest BCUT2D eigenvalue weighted by atomic mass is 16.3. The molecule has 0 aliphatic carbocycles. The van der Waals surface area contributed by atoms with Gasteiger partial charge in [-0.3, -0.25) is 4.79 Å². The Morgan fingerprint density at radius 3 is 3.13 bits per heavy atom. The number of piperidine rings is 1. The van der Waals surface area contributed by atoms with Gasteiger partial charge in [-0.2, -0.15) is 0 Å². The molecule has 1 unspecified atom stereocenters. The van der Waals surface area contributed by atoms with Gasteiger partial charge in [-0.15, -0.1) is 0 Å². The minimum atomic E-state index is -0.599. The molecule has 1 aliphatic heterocycles. The van der Waals surface area contributed by atoms with Crippen LogP contribution >= 0.6 is 0 Å². The van der Waals surface area contributed by atoms with Crippen LogP contribution in [0.1, 0.15) is 24.8 Å². The lowest BCUT2D eigenvalue weighted by molar-refractivity contribution is -0.146. The summed E-state index contributed by atoms with van der Waals surface area (Å²) in [4.78, 5) is 13.1. The lowest BCUT2D eigenvalue weighted by atomic mass is 10.1. The number of furan rings is 1. The summed E-state index contributed by atoms with van der Waals surface area (Å²) >= 11 is 0. The first-order chi connectivity index (χ1) is 7.27. The Morgan fingerprint density at radius 2 is 2.47 bits per heavy atom. The minimum Gasteiger partial charge on any atom is -0.472 e. The molecule has 0 spiro atoms. The Labute approximate surface area is 88.5 Å². The van der Waals surface area contributed by atoms with Gasteiger partial charge in [-0.05, 0) is 30.9 Å². The van der Waals surface area contributed by atoms with E-state index in [1.807, 2.05) is 6.07 Å². The summed E-state index contributed by atoms with van der Waals surface area (Å²) in [6.07, 6.45) is 5.46. The second kappa shape index (κ2) is 4.49. The molecular formula is C11H15NO3. The summed E-state index contributed by atoms with van der Waals surface area (Å²) in [5.41, 5.74) is 1.06. The van der Waals surface area contributed by atoms with Gasteiger partial charge in [0.05, 0.1) is 12.5 Å². The molecule has 1 aromatic rings. The summed E-state index contributed by atoms with van der Waals surface area (Å²) in [5.74, 6) is 0.0530. The van der Waals surface area contributed by atoms with Gasteiger partial charge in [0.1, 0.15) is 6.23 Å². The van der Waals surface area contributed by atoms with E-state index >= 15 is 0 Å². The summed E-state index contributed by atoms with van der Waals surface area (Å²) in [7, 11) is 0. The van der Waals surface area contributed by atoms with Crippen LogP contribution in [0.2, 0.25) is 0 Å². The Hall–Kier alpha value is -1.29. The first-order valence-corrected chi connectivity index (χ1v) is 5.26. The number of carbonyl (C=O) groups excluding carboxylic acids is 1. The molecular weight excluding hydrogens is 194 g/mol. The molecule has 82 valence electrons. The summed E-state index contributed by atoms with van der Waals surface area (Å²) in [6, 6.07) is 1.88. The molecule has 0 saturated carbocycles. The lowest BCUT2D eigenvalue weighted by Crippen LogP contribution is -2.44. The number of nitrogens with zero attached hydrogens (tertiary/aromatic N) is 1. The largest absolute Gasteiger partial charge is 0.472 e. The number of carbonyl (C=O) groups is 1. The molecule has 0 radical (unpaired) electrons. The molecule has 1 fully saturated rings. The Kier molecular flexibility index (Phi) is 3.06. The van der Waals surface area contributed by atoms with Gasteiger partial charge in [0.2, 0.25) is 5.91 Å². The predicted octanol–water partition coefficient (Wildman–Crippen LogP) is 1.15. The van der Waals surface area contributed by atoms with Crippen molar-refractivity contribution in [3.63, 3.8) is 0 Å². The highest BCUT2D eigenvalue weighted by Crippen LogP contribution is 2.16. The quantitative estimate of drug-likeness (QED) is 0.812. The average Bonchev–Trinajstić information content (AvgIpc) is 2.70. The monoisotopic (exact) mass is 209 g/mol. The molecule has 4 nitrogen and oxygen atoms in total. The first-order valence-electron chi connectivity index (χ1n) is 5.26. The van der Waals surface area contributed by atoms with Gasteiger partial charge in [0.25, 0.3) is 0 Å². The molecule has 1 N–H and O–H groups in total. The van der Waals surface area contributed by atoms with Crippen LogP contribution in [0, 0.1) is 0 Å². The zero-order chi connectivity index (χ0) is 10.7. The minimum absolute atomic E-state index is 0.0530. The van der Waals surface area contributed by atoms with Crippen LogP contribution in [-0.2, 0) is 11.2 Å². The fourth-order valence-electron chi connectivity index (χ4n) is 1.86. The van der Waals surface area contributed by atoms with E-state index in [9.17, 15) is 9.90 Å². The first kappa shape index (κ1) is 10.2. The Bertz CT molecular complexity index is 321. The third-order valence-corrected chi connectivity index (χ3v) is 2.75. The smallest absolute Gasteiger partial charge is 0.224 e. The van der Waals surface area contributed by atoms with Crippen molar-refractivity contribution >= 4 is 5.91 Å². The van der Waals surface area contributed by atoms with Gasteiger partial charge in [-0.1, -0.05) is 0 Å². The van der Waals surface area contributed by atoms with Crippen molar-refractivity contribution in [2.45, 2.75) is 31.9 Å². The zero-order valence-electron chi connectivity index (χ0n) is 8.56. The van der Waals surface area contributed by atoms with Crippen molar-refractivity contribution in [3.05, 3.63) is 24.2 Å². The molecule has 1 aromatic heterocycles. The van der Waals surface area contributed by atoms with Crippen molar-refractivity contribution in [1.29, 1.82) is 0 Å². The van der Waals surface area contributed by atoms with Crippen molar-refractivity contribution in [2.75, 3.05) is 6.54 Å². The summed E-state index contributed by atoms with van der Waals surface area (Å²) in [6.45, 7) is 0.569. The zero-order valence-corrected chi connectivity index (χ0v) is 8.56. The number of likely N-dealkylation sites (tertiary alicyclic amines) is 1. The van der Waals surface area contributed by atoms with Crippen molar-refractivity contribution in [2.24, 2.45) is 0 Å². The Morgan fingerprint density at radius 1 is 1.60 bits per heavy atom. The third-order valence-electron chi connectivity index (χ3n) is 2.75. The lowest BCUT2D eigenvalue weighted by Gasteiger charge is -2.31. The highest BCUT2D eigenvalue weighted by Gasteiger charge is 2.25. The average molecular weight is 209 g/mol. The van der Waals surface area contributed by atoms with E-state index in [0.29, 0.717) is 19.4 Å². The topological polar surface area (TPSA) is 53.7 Å². The van der Waals surface area contributed by atoms with Gasteiger partial charge >= 0.3 is 0 Å². The number of aliphatic hydroxyl groups is 1. The fourth-order valence-corrected chi connectivity index (χ4v) is 1.86. The number of amides is 1. The van der Waals surface area contributed by atoms with Crippen LogP contribution in [-0.4, -0.2) is 28.7 Å². The second-order valence-corrected chi connectivity index (χ2v) is 3.84. The number of hydrogen-bond donors (Lipinski definition) is 1. The maximum absolute atomic E-state index is 11.5. The van der Waals surface area contributed by atoms with Crippen LogP contribution in [0.5, 0.6) is 0 Å². The SMILES string of the molecule is O=C1CCCC(O)N1CCc1ccoc1. The third kappa shape index (κ3) is 2.39. The molecule has 0 bridgehead atoms. The van der Waals surface area contributed by atoms with Crippen LogP contribution in [0.3, 0.4) is 0 Å². The van der Waals surface area contributed by atoms with Gasteiger partial charge < -0.3 is 14.4 Å². The van der Waals surface area contributed by atoms with Crippen LogP contribution in [0.4, 0.5) is 0 Å². The van der Waals surface area contributed by atoms with Crippen LogP contribution in [0.15, 0.2) is 23.0 Å². The molecule has 2 heterocycles. The Balaban J connectivity index is 1.89. The summed E-state index contributed by atoms with van der Waals surface area (Å²) in [5, 5.41) is 9.65. The van der Waals surface area contributed by atoms with Gasteiger partial charge in [0, 0.05) is 13.0 Å². The molecule has 1 saturated heterocycles. The fraction of sp³-hybridized carbons (Fsp3) is 0.545. The predicted molar refractivity (Wildman–Crippen MR) is 54.0 cm³/mol. The molecule has 4 heteroatoms. The normalized spacial score (nSPS) is 22.1. The van der Waals surface area contributed by atoms with Crippen molar-refractivity contribution < 1.29 is 14.3 Å². The molecule has 15 heavy (non-hydrogen) atoms. The maximum atomic E-state index is 11.5. The number of rotatable bonds is 3. The molecule has 1 aliphatic rings. The van der Waals surface area contributed by atoms with E-state index in [4.69, 9.17) is 4.42 Å². The molecule has 1 amide bonds. The van der Waals surface area contributed by atoms with E-state index in [1.165, 1.54) is 0 Å². The van der Waals surface area contributed by atoms with Gasteiger partial charge in [-0.25, -0.2) is 0 Å². The number of aliphatic hydroxyl groups excluding tert-OH is 1. The summed E-state index contributed by atoms with van der Waals surface area (Å²) < 4.78 is 4.94. The molecule has 0 aromatic carbocycles. The van der Waals surface area contributed by atoms with E-state index in [-0.39, 0.29) is 5.91 Å². The van der Waals surface area contributed by atoms with Crippen molar-refractivity contribution in [3.8, 4) is 0 Å². The van der Waals surface area contributed by atoms with E-state index < -0.39 is 6.23 Å². The van der Waals surface area contributed by atoms with Crippen LogP contribution in [0.25, 0.3) is 0 Å². The number of hydrogen-bond acceptors (Lipinski definition) is 3. The molecule has 1 atom stereocenters. The maximum Gasteiger partial charge on any atom is 0.224 e. The van der Waals surface area contributed by atoms with Gasteiger partial charge in [0.15, 0.2) is 0 Å². The van der Waals surface area contributed by atoms with E-state index in [0.717, 1.165) is 18.4 Å². The van der Waals surface area contributed by atoms with E-state index in [2.05, 4.69) is 0 Å². The second-order valence-electron chi connectivity index (χ2n) is 3.84. The standard InChI is InChI=1S/C11H15NO3/c13-10-2-1-3-11(14)12(10)6-4-9-5-7-15-8-9/h5,7-8,10,13H,1-4,6H2. The van der Waals surface area contributed by atoms with Crippen LogP contribution < -0.4 is 0 Å². The van der Waals surface area contributed by atoms with Crippen molar-refractivity contribution in [1.82, 2.24) is 4.90 Å². The molecule has 2 rings (SSSR count). The van der Waals surface area contributed by atoms with E-state index in [1.54, 1.807) is 17.4 Å². The highest BCUT2D eigenvalue weighted by molar-refractivity contribution is 5.77.